The van der Waals surface area contributed by atoms with Gasteiger partial charge in [0.15, 0.2) is 0 Å². The molecule has 23 heteroatoms. The molecule has 4 atom stereocenters. The lowest BCUT2D eigenvalue weighted by atomic mass is 9.99. The number of nitrogen functional groups attached to an aromatic ring is 1. The van der Waals surface area contributed by atoms with Crippen molar-refractivity contribution in [2.24, 2.45) is 0 Å². The maximum Gasteiger partial charge on any atom is 0.410 e. The van der Waals surface area contributed by atoms with E-state index in [1.807, 2.05) is 25.7 Å². The van der Waals surface area contributed by atoms with Crippen molar-refractivity contribution in [1.29, 1.82) is 0 Å². The van der Waals surface area contributed by atoms with E-state index in [2.05, 4.69) is 14.5 Å². The number of nitrogens with one attached hydrogen (secondary N) is 1. The van der Waals surface area contributed by atoms with Gasteiger partial charge in [-0.05, 0) is 113 Å². The first-order valence-corrected chi connectivity index (χ1v) is 28.6. The number of fused-ring (bicyclic) bond motifs is 4. The van der Waals surface area contributed by atoms with Crippen molar-refractivity contribution in [3.8, 4) is 11.5 Å². The standard InChI is InChI=1S/C29H36ClFN4O6S.C28H34ClFN4O4/c1-29(2,3)41-28(37)34-17-22-15-33(14-19-6-9-21(31)10-7-19)16-23(18-34)35(22)27(36)11-8-20-12-26(40-4)24(30)13-25(20)32-42(5,38)39;1-28(2,3)38-27(36)33-16-21-14-32(13-18-5-8-20(30)9-6-18)15-22(17-33)34(21)26(35)10-7-19-11-25(37-4)23(29)12-24(19)31/h6-13,22-23,32H,14-18H2,1-5H3;5-12,21-22H,13-17,31H2,1-4H3/b11-8+;10-7+. The average Bonchev–Trinajstić information content (AvgIpc) is 3.35. The van der Waals surface area contributed by atoms with E-state index in [4.69, 9.17) is 47.9 Å². The lowest BCUT2D eigenvalue weighted by molar-refractivity contribution is -0.141. The van der Waals surface area contributed by atoms with Gasteiger partial charge in [-0.3, -0.25) is 24.1 Å². The molecule has 0 saturated carbocycles. The molecule has 4 amide bonds. The molecule has 4 aromatic carbocycles. The van der Waals surface area contributed by atoms with Gasteiger partial charge in [-0.15, -0.1) is 0 Å². The number of halogens is 4. The molecule has 432 valence electrons. The third-order valence-corrected chi connectivity index (χ3v) is 14.6. The third kappa shape index (κ3) is 16.5. The number of hydrogen-bond donors (Lipinski definition) is 2. The van der Waals surface area contributed by atoms with Crippen LogP contribution in [0.2, 0.25) is 10.0 Å². The minimum atomic E-state index is -3.62. The number of nitrogens with two attached hydrogens (primary N) is 1. The summed E-state index contributed by atoms with van der Waals surface area (Å²) in [6.45, 7) is 15.5. The largest absolute Gasteiger partial charge is 0.495 e. The van der Waals surface area contributed by atoms with Gasteiger partial charge in [0, 0.05) is 94.4 Å². The number of hydrogen-bond acceptors (Lipinski definition) is 13. The van der Waals surface area contributed by atoms with Crippen LogP contribution >= 0.6 is 23.2 Å². The summed E-state index contributed by atoms with van der Waals surface area (Å²) in [5.41, 5.74) is 8.40. The van der Waals surface area contributed by atoms with E-state index in [0.29, 0.717) is 85.7 Å². The van der Waals surface area contributed by atoms with Crippen LogP contribution in [0.5, 0.6) is 11.5 Å². The Morgan fingerprint density at radius 2 is 0.975 bits per heavy atom. The highest BCUT2D eigenvalue weighted by Crippen LogP contribution is 2.35. The lowest BCUT2D eigenvalue weighted by Gasteiger charge is -2.52. The molecule has 4 aromatic rings. The molecule has 4 heterocycles. The molecule has 0 radical (unpaired) electrons. The van der Waals surface area contributed by atoms with Gasteiger partial charge in [-0.1, -0.05) is 47.5 Å². The second kappa shape index (κ2) is 25.4. The average molecular weight is 1170 g/mol. The lowest BCUT2D eigenvalue weighted by Crippen LogP contribution is -2.70. The number of piperazine rings is 4. The van der Waals surface area contributed by atoms with Crippen LogP contribution in [0.15, 0.2) is 84.9 Å². The number of sulfonamides is 1. The maximum absolute atomic E-state index is 13.7. The molecule has 0 aliphatic carbocycles. The van der Waals surface area contributed by atoms with Gasteiger partial charge < -0.3 is 44.3 Å². The number of ether oxygens (including phenoxy) is 4. The zero-order valence-electron chi connectivity index (χ0n) is 46.4. The van der Waals surface area contributed by atoms with Crippen LogP contribution in [0.25, 0.3) is 12.2 Å². The summed E-state index contributed by atoms with van der Waals surface area (Å²) in [6.07, 6.45) is 6.25. The fourth-order valence-electron chi connectivity index (χ4n) is 10.2. The molecule has 80 heavy (non-hydrogen) atoms. The van der Waals surface area contributed by atoms with Gasteiger partial charge in [-0.25, -0.2) is 26.8 Å². The number of rotatable bonds is 12. The smallest absolute Gasteiger partial charge is 0.410 e. The van der Waals surface area contributed by atoms with Crippen LogP contribution in [0, 0.1) is 11.6 Å². The monoisotopic (exact) mass is 1170 g/mol. The van der Waals surface area contributed by atoms with Crippen molar-refractivity contribution >= 4 is 80.8 Å². The molecule has 8 rings (SSSR count). The van der Waals surface area contributed by atoms with Crippen molar-refractivity contribution in [2.45, 2.75) is 90.0 Å². The molecule has 4 unspecified atom stereocenters. The van der Waals surface area contributed by atoms with Gasteiger partial charge >= 0.3 is 12.2 Å². The molecule has 3 N–H and O–H groups in total. The zero-order chi connectivity index (χ0) is 58.4. The number of carbonyl (C=O) groups excluding carboxylic acids is 4. The Morgan fingerprint density at radius 1 is 0.613 bits per heavy atom. The first-order valence-electron chi connectivity index (χ1n) is 25.9. The van der Waals surface area contributed by atoms with Gasteiger partial charge in [0.25, 0.3) is 0 Å². The summed E-state index contributed by atoms with van der Waals surface area (Å²) in [5.74, 6) is -0.249. The second-order valence-corrected chi connectivity index (χ2v) is 24.8. The fourth-order valence-corrected chi connectivity index (χ4v) is 11.3. The predicted molar refractivity (Wildman–Crippen MR) is 305 cm³/mol. The minimum Gasteiger partial charge on any atom is -0.495 e. The first-order chi connectivity index (χ1) is 37.5. The van der Waals surface area contributed by atoms with Crippen LogP contribution in [0.4, 0.5) is 29.7 Å². The Labute approximate surface area is 476 Å². The van der Waals surface area contributed by atoms with Crippen LogP contribution < -0.4 is 19.9 Å². The molecule has 4 fully saturated rings. The van der Waals surface area contributed by atoms with Crippen molar-refractivity contribution in [3.05, 3.63) is 129 Å². The second-order valence-electron chi connectivity index (χ2n) is 22.2. The molecule has 4 aliphatic heterocycles. The van der Waals surface area contributed by atoms with Crippen molar-refractivity contribution in [2.75, 3.05) is 83.3 Å². The van der Waals surface area contributed by atoms with E-state index in [1.54, 1.807) is 84.0 Å². The maximum atomic E-state index is 13.7. The molecule has 0 spiro atoms. The predicted octanol–water partition coefficient (Wildman–Crippen LogP) is 8.62. The Bertz CT molecular complexity index is 3050. The Balaban J connectivity index is 0.000000232. The number of benzene rings is 4. The van der Waals surface area contributed by atoms with E-state index in [-0.39, 0.29) is 77.5 Å². The Morgan fingerprint density at radius 3 is 1.34 bits per heavy atom. The molecule has 4 bridgehead atoms. The Kier molecular flexibility index (Phi) is 19.4. The SMILES string of the molecule is COc1cc(/C=C/C(=O)N2C3CN(Cc4ccc(F)cc4)CC2CN(C(=O)OC(C)(C)C)C3)c(N)cc1Cl.COc1cc(/C=C/C(=O)N2C3CN(Cc4ccc(F)cc4)CC2CN(C(=O)OC(C)(C)C)C3)c(NS(C)(=O)=O)cc1Cl. The Hall–Kier alpha value is -6.65. The summed E-state index contributed by atoms with van der Waals surface area (Å²) in [5, 5.41) is 0.601. The highest BCUT2D eigenvalue weighted by Gasteiger charge is 2.46. The van der Waals surface area contributed by atoms with Gasteiger partial charge in [0.2, 0.25) is 21.8 Å². The molecular weight excluding hydrogens is 1100 g/mol. The van der Waals surface area contributed by atoms with Gasteiger partial charge in [-0.2, -0.15) is 0 Å². The molecule has 18 nitrogen and oxygen atoms in total. The zero-order valence-corrected chi connectivity index (χ0v) is 48.7. The number of amides is 4. The molecule has 4 saturated heterocycles. The van der Waals surface area contributed by atoms with E-state index >= 15 is 0 Å². The fraction of sp³-hybridized carbons (Fsp3) is 0.439. The summed E-state index contributed by atoms with van der Waals surface area (Å²) in [7, 11) is -0.674. The van der Waals surface area contributed by atoms with Crippen LogP contribution in [-0.2, 0) is 42.2 Å². The summed E-state index contributed by atoms with van der Waals surface area (Å²) >= 11 is 12.4. The van der Waals surface area contributed by atoms with Gasteiger partial charge in [0.1, 0.15) is 34.3 Å². The summed E-state index contributed by atoms with van der Waals surface area (Å²) in [4.78, 5) is 64.3. The van der Waals surface area contributed by atoms with Crippen LogP contribution in [0.1, 0.15) is 63.8 Å². The van der Waals surface area contributed by atoms with E-state index in [9.17, 15) is 36.4 Å². The van der Waals surface area contributed by atoms with E-state index in [0.717, 1.165) is 17.4 Å². The summed E-state index contributed by atoms with van der Waals surface area (Å²) < 4.78 is 74.9. The molecular formula is C57H70Cl2F2N8O10S. The quantitative estimate of drug-likeness (QED) is 0.101. The topological polar surface area (TPSA) is 197 Å². The van der Waals surface area contributed by atoms with E-state index in [1.165, 1.54) is 62.8 Å². The van der Waals surface area contributed by atoms with Crippen molar-refractivity contribution in [3.63, 3.8) is 0 Å². The number of anilines is 2. The number of methoxy groups -OCH3 is 2. The van der Waals surface area contributed by atoms with Crippen molar-refractivity contribution in [1.82, 2.24) is 29.4 Å². The normalized spacial score (nSPS) is 19.8. The van der Waals surface area contributed by atoms with E-state index < -0.39 is 27.3 Å². The molecule has 0 aromatic heterocycles. The minimum absolute atomic E-state index is 0.168. The molecule has 4 aliphatic rings. The van der Waals surface area contributed by atoms with Crippen LogP contribution in [0.3, 0.4) is 0 Å². The highest BCUT2D eigenvalue weighted by molar-refractivity contribution is 7.92. The third-order valence-electron chi connectivity index (χ3n) is 13.4. The number of carbonyl (C=O) groups is 4. The summed E-state index contributed by atoms with van der Waals surface area (Å²) in [6, 6.07) is 17.8. The highest BCUT2D eigenvalue weighted by atomic mass is 35.5. The van der Waals surface area contributed by atoms with Gasteiger partial charge in [0.05, 0.1) is 60.4 Å². The van der Waals surface area contributed by atoms with Crippen LogP contribution in [-0.4, -0.2) is 170 Å². The number of nitrogens with zero attached hydrogens (tertiary/aromatic N) is 6. The first kappa shape index (κ1) is 61.0. The van der Waals surface area contributed by atoms with Crippen molar-refractivity contribution < 1.29 is 55.3 Å².